The van der Waals surface area contributed by atoms with E-state index in [4.69, 9.17) is 4.74 Å². The van der Waals surface area contributed by atoms with E-state index in [1.807, 2.05) is 4.90 Å². The first-order chi connectivity index (χ1) is 7.26. The van der Waals surface area contributed by atoms with Crippen molar-refractivity contribution < 1.29 is 9.53 Å². The SMILES string of the molecule is C=CC(=O)N1C[C@@H]2C[C@H]3C[C@H]2[C@H]1[C@H]3OC. The van der Waals surface area contributed by atoms with Gasteiger partial charge in [0.15, 0.2) is 0 Å². The van der Waals surface area contributed by atoms with Crippen molar-refractivity contribution in [3.8, 4) is 0 Å². The summed E-state index contributed by atoms with van der Waals surface area (Å²) in [5.41, 5.74) is 0. The first kappa shape index (κ1) is 9.40. The van der Waals surface area contributed by atoms with Gasteiger partial charge >= 0.3 is 0 Å². The largest absolute Gasteiger partial charge is 0.379 e. The van der Waals surface area contributed by atoms with Crippen molar-refractivity contribution in [3.05, 3.63) is 12.7 Å². The van der Waals surface area contributed by atoms with Gasteiger partial charge in [-0.1, -0.05) is 6.58 Å². The molecule has 2 saturated carbocycles. The van der Waals surface area contributed by atoms with Crippen molar-refractivity contribution in [3.63, 3.8) is 0 Å². The first-order valence-corrected chi connectivity index (χ1v) is 5.72. The van der Waals surface area contributed by atoms with Crippen LogP contribution in [0.2, 0.25) is 0 Å². The van der Waals surface area contributed by atoms with Crippen molar-refractivity contribution in [1.29, 1.82) is 0 Å². The molecule has 15 heavy (non-hydrogen) atoms. The van der Waals surface area contributed by atoms with Crippen LogP contribution < -0.4 is 0 Å². The summed E-state index contributed by atoms with van der Waals surface area (Å²) in [6.07, 6.45) is 4.22. The van der Waals surface area contributed by atoms with E-state index in [2.05, 4.69) is 6.58 Å². The summed E-state index contributed by atoms with van der Waals surface area (Å²) in [4.78, 5) is 13.7. The number of nitrogens with zero attached hydrogens (tertiary/aromatic N) is 1. The molecule has 3 fully saturated rings. The molecule has 1 amide bonds. The molecule has 1 saturated heterocycles. The van der Waals surface area contributed by atoms with Gasteiger partial charge in [-0.2, -0.15) is 0 Å². The van der Waals surface area contributed by atoms with E-state index in [0.29, 0.717) is 17.9 Å². The molecule has 0 unspecified atom stereocenters. The number of carbonyl (C=O) groups excluding carboxylic acids is 1. The van der Waals surface area contributed by atoms with Crippen molar-refractivity contribution >= 4 is 5.91 Å². The van der Waals surface area contributed by atoms with Crippen molar-refractivity contribution in [1.82, 2.24) is 4.90 Å². The highest BCUT2D eigenvalue weighted by atomic mass is 16.5. The maximum Gasteiger partial charge on any atom is 0.246 e. The van der Waals surface area contributed by atoms with Gasteiger partial charge in [-0.15, -0.1) is 0 Å². The zero-order valence-electron chi connectivity index (χ0n) is 9.06. The number of amides is 1. The highest BCUT2D eigenvalue weighted by molar-refractivity contribution is 5.87. The zero-order chi connectivity index (χ0) is 10.6. The lowest BCUT2D eigenvalue weighted by atomic mass is 9.88. The molecular formula is C12H17NO2. The average molecular weight is 207 g/mol. The Kier molecular flexibility index (Phi) is 1.93. The van der Waals surface area contributed by atoms with Crippen molar-refractivity contribution in [2.24, 2.45) is 17.8 Å². The van der Waals surface area contributed by atoms with Crippen molar-refractivity contribution in [2.45, 2.75) is 25.0 Å². The van der Waals surface area contributed by atoms with Crippen LogP contribution in [0.3, 0.4) is 0 Å². The number of rotatable bonds is 2. The molecule has 3 heteroatoms. The Morgan fingerprint density at radius 2 is 2.27 bits per heavy atom. The Morgan fingerprint density at radius 3 is 2.93 bits per heavy atom. The summed E-state index contributed by atoms with van der Waals surface area (Å²) >= 11 is 0. The van der Waals surface area contributed by atoms with Crippen LogP contribution in [0.15, 0.2) is 12.7 Å². The van der Waals surface area contributed by atoms with Crippen LogP contribution in [0.1, 0.15) is 12.8 Å². The molecule has 0 aromatic carbocycles. The van der Waals surface area contributed by atoms with Crippen LogP contribution in [0, 0.1) is 17.8 Å². The molecule has 82 valence electrons. The smallest absolute Gasteiger partial charge is 0.246 e. The lowest BCUT2D eigenvalue weighted by Gasteiger charge is -2.30. The van der Waals surface area contributed by atoms with Crippen LogP contribution in [0.4, 0.5) is 0 Å². The molecule has 0 radical (unpaired) electrons. The van der Waals surface area contributed by atoms with E-state index in [0.717, 1.165) is 12.5 Å². The maximum absolute atomic E-state index is 11.7. The van der Waals surface area contributed by atoms with E-state index in [1.165, 1.54) is 18.9 Å². The molecule has 1 aliphatic heterocycles. The van der Waals surface area contributed by atoms with Gasteiger partial charge in [-0.3, -0.25) is 4.79 Å². The molecule has 1 heterocycles. The Labute approximate surface area is 90.1 Å². The van der Waals surface area contributed by atoms with E-state index in [1.54, 1.807) is 7.11 Å². The minimum absolute atomic E-state index is 0.0806. The van der Waals surface area contributed by atoms with Crippen molar-refractivity contribution in [2.75, 3.05) is 13.7 Å². The van der Waals surface area contributed by atoms with Crippen LogP contribution >= 0.6 is 0 Å². The summed E-state index contributed by atoms with van der Waals surface area (Å²) < 4.78 is 5.57. The second-order valence-corrected chi connectivity index (χ2v) is 5.04. The number of carbonyl (C=O) groups is 1. The highest BCUT2D eigenvalue weighted by Gasteiger charge is 2.60. The molecule has 2 aliphatic carbocycles. The number of hydrogen-bond donors (Lipinski definition) is 0. The molecular weight excluding hydrogens is 190 g/mol. The van der Waals surface area contributed by atoms with Gasteiger partial charge < -0.3 is 9.64 Å². The Hall–Kier alpha value is -0.830. The predicted molar refractivity (Wildman–Crippen MR) is 56.2 cm³/mol. The van der Waals surface area contributed by atoms with Gasteiger partial charge in [0.05, 0.1) is 12.1 Å². The maximum atomic E-state index is 11.7. The molecule has 0 aromatic heterocycles. The topological polar surface area (TPSA) is 29.5 Å². The molecule has 3 aliphatic rings. The summed E-state index contributed by atoms with van der Waals surface area (Å²) in [6.45, 7) is 4.50. The minimum atomic E-state index is 0.0806. The molecule has 2 bridgehead atoms. The van der Waals surface area contributed by atoms with Crippen LogP contribution in [-0.4, -0.2) is 36.6 Å². The molecule has 3 rings (SSSR count). The Morgan fingerprint density at radius 1 is 1.47 bits per heavy atom. The minimum Gasteiger partial charge on any atom is -0.379 e. The van der Waals surface area contributed by atoms with Crippen LogP contribution in [0.25, 0.3) is 0 Å². The summed E-state index contributed by atoms with van der Waals surface area (Å²) in [7, 11) is 1.77. The Balaban J connectivity index is 1.90. The summed E-state index contributed by atoms with van der Waals surface area (Å²) in [5.74, 6) is 2.20. The molecule has 0 spiro atoms. The lowest BCUT2D eigenvalue weighted by Crippen LogP contribution is -2.44. The third kappa shape index (κ3) is 1.07. The van der Waals surface area contributed by atoms with Crippen LogP contribution in [-0.2, 0) is 9.53 Å². The third-order valence-electron chi connectivity index (χ3n) is 4.55. The van der Waals surface area contributed by atoms with Gasteiger partial charge in [0.2, 0.25) is 5.91 Å². The fourth-order valence-electron chi connectivity index (χ4n) is 4.09. The lowest BCUT2D eigenvalue weighted by molar-refractivity contribution is -0.129. The predicted octanol–water partition coefficient (Wildman–Crippen LogP) is 1.05. The Bertz CT molecular complexity index is 313. The molecule has 3 nitrogen and oxygen atoms in total. The number of ether oxygens (including phenoxy) is 1. The molecule has 0 aromatic rings. The highest BCUT2D eigenvalue weighted by Crippen LogP contribution is 2.55. The van der Waals surface area contributed by atoms with E-state index in [-0.39, 0.29) is 12.0 Å². The zero-order valence-corrected chi connectivity index (χ0v) is 9.06. The number of likely N-dealkylation sites (tertiary alicyclic amines) is 1. The summed E-state index contributed by atoms with van der Waals surface area (Å²) in [5, 5.41) is 0. The van der Waals surface area contributed by atoms with E-state index in [9.17, 15) is 4.79 Å². The number of fused-ring (bicyclic) bond motifs is 1. The van der Waals surface area contributed by atoms with Gasteiger partial charge in [0, 0.05) is 13.7 Å². The molecule has 5 atom stereocenters. The van der Waals surface area contributed by atoms with Gasteiger partial charge in [0.1, 0.15) is 0 Å². The van der Waals surface area contributed by atoms with Gasteiger partial charge in [0.25, 0.3) is 0 Å². The number of methoxy groups -OCH3 is 1. The third-order valence-corrected chi connectivity index (χ3v) is 4.55. The van der Waals surface area contributed by atoms with Crippen LogP contribution in [0.5, 0.6) is 0 Å². The normalized spacial score (nSPS) is 46.2. The quantitative estimate of drug-likeness (QED) is 0.633. The van der Waals surface area contributed by atoms with E-state index >= 15 is 0 Å². The van der Waals surface area contributed by atoms with Gasteiger partial charge in [-0.05, 0) is 36.7 Å². The van der Waals surface area contributed by atoms with Gasteiger partial charge in [-0.25, -0.2) is 0 Å². The second kappa shape index (κ2) is 3.08. The monoisotopic (exact) mass is 207 g/mol. The first-order valence-electron chi connectivity index (χ1n) is 5.72. The standard InChI is InChI=1S/C12H17NO2/c1-3-10(14)13-6-8-4-7-5-9(8)11(13)12(7)15-2/h3,7-9,11-12H,1,4-6H2,2H3/t7-,8-,9+,11-,12-/m0/s1. The second-order valence-electron chi connectivity index (χ2n) is 5.04. The fourth-order valence-corrected chi connectivity index (χ4v) is 4.09. The number of hydrogen-bond acceptors (Lipinski definition) is 2. The fraction of sp³-hybridized carbons (Fsp3) is 0.750. The average Bonchev–Trinajstić information content (AvgIpc) is 2.83. The molecule has 0 N–H and O–H groups in total. The summed E-state index contributed by atoms with van der Waals surface area (Å²) in [6, 6.07) is 0.337. The van der Waals surface area contributed by atoms with E-state index < -0.39 is 0 Å².